The molecule has 1 aromatic heterocycles. The average Bonchev–Trinajstić information content (AvgIpc) is 2.95. The standard InChI is InChI=1S/C12H20N2O2S2/c1-9-2-3-10(6-9)8-14-18(15,16)12-5-4-11(7-13)17-12/h4-5,9-10,14H,2-3,6-8,13H2,1H3. The van der Waals surface area contributed by atoms with Gasteiger partial charge in [0.1, 0.15) is 4.21 Å². The van der Waals surface area contributed by atoms with Crippen LogP contribution in [0.3, 0.4) is 0 Å². The molecule has 1 fully saturated rings. The van der Waals surface area contributed by atoms with Crippen LogP contribution in [0.2, 0.25) is 0 Å². The maximum Gasteiger partial charge on any atom is 0.250 e. The van der Waals surface area contributed by atoms with Crippen molar-refractivity contribution < 1.29 is 8.42 Å². The highest BCUT2D eigenvalue weighted by Gasteiger charge is 2.24. The first kappa shape index (κ1) is 14.0. The van der Waals surface area contributed by atoms with Gasteiger partial charge >= 0.3 is 0 Å². The molecule has 0 aliphatic heterocycles. The fourth-order valence-corrected chi connectivity index (χ4v) is 4.82. The van der Waals surface area contributed by atoms with Gasteiger partial charge in [-0.05, 0) is 36.8 Å². The van der Waals surface area contributed by atoms with Crippen molar-refractivity contribution in [1.29, 1.82) is 0 Å². The van der Waals surface area contributed by atoms with Crippen molar-refractivity contribution >= 4 is 21.4 Å². The highest BCUT2D eigenvalue weighted by molar-refractivity contribution is 7.91. The molecule has 1 saturated carbocycles. The van der Waals surface area contributed by atoms with Crippen LogP contribution in [0.5, 0.6) is 0 Å². The zero-order valence-electron chi connectivity index (χ0n) is 10.6. The number of sulfonamides is 1. The summed E-state index contributed by atoms with van der Waals surface area (Å²) in [4.78, 5) is 0.893. The van der Waals surface area contributed by atoms with Crippen LogP contribution in [-0.4, -0.2) is 15.0 Å². The fourth-order valence-electron chi connectivity index (χ4n) is 2.42. The third-order valence-corrected chi connectivity index (χ3v) is 6.49. The molecule has 1 aliphatic carbocycles. The summed E-state index contributed by atoms with van der Waals surface area (Å²) in [7, 11) is -3.34. The zero-order valence-corrected chi connectivity index (χ0v) is 12.2. The van der Waals surface area contributed by atoms with Gasteiger partial charge in [0, 0.05) is 18.0 Å². The molecule has 102 valence electrons. The van der Waals surface area contributed by atoms with E-state index in [0.29, 0.717) is 23.2 Å². The monoisotopic (exact) mass is 288 g/mol. The summed E-state index contributed by atoms with van der Waals surface area (Å²) in [5.74, 6) is 1.22. The van der Waals surface area contributed by atoms with E-state index in [0.717, 1.165) is 23.6 Å². The molecule has 1 aromatic rings. The SMILES string of the molecule is CC1CCC(CNS(=O)(=O)c2ccc(CN)s2)C1. The van der Waals surface area contributed by atoms with Gasteiger partial charge in [-0.15, -0.1) is 11.3 Å². The maximum atomic E-state index is 12.1. The van der Waals surface area contributed by atoms with E-state index in [4.69, 9.17) is 5.73 Å². The third-order valence-electron chi connectivity index (χ3n) is 3.47. The van der Waals surface area contributed by atoms with E-state index in [1.54, 1.807) is 12.1 Å². The lowest BCUT2D eigenvalue weighted by molar-refractivity contribution is 0.499. The van der Waals surface area contributed by atoms with Gasteiger partial charge in [-0.3, -0.25) is 0 Å². The molecule has 2 rings (SSSR count). The van der Waals surface area contributed by atoms with Crippen molar-refractivity contribution in [2.24, 2.45) is 17.6 Å². The van der Waals surface area contributed by atoms with Gasteiger partial charge in [-0.2, -0.15) is 0 Å². The summed E-state index contributed by atoms with van der Waals surface area (Å²) in [5.41, 5.74) is 5.49. The molecular formula is C12H20N2O2S2. The van der Waals surface area contributed by atoms with Crippen LogP contribution in [-0.2, 0) is 16.6 Å². The molecule has 0 bridgehead atoms. The Kier molecular flexibility index (Phi) is 4.42. The van der Waals surface area contributed by atoms with E-state index < -0.39 is 10.0 Å². The third kappa shape index (κ3) is 3.32. The molecule has 0 aromatic carbocycles. The predicted molar refractivity (Wildman–Crippen MR) is 73.9 cm³/mol. The lowest BCUT2D eigenvalue weighted by Gasteiger charge is -2.10. The van der Waals surface area contributed by atoms with Gasteiger partial charge in [-0.25, -0.2) is 13.1 Å². The quantitative estimate of drug-likeness (QED) is 0.869. The summed E-state index contributed by atoms with van der Waals surface area (Å²) in [6, 6.07) is 3.41. The van der Waals surface area contributed by atoms with Gasteiger partial charge in [0.15, 0.2) is 0 Å². The first-order chi connectivity index (χ1) is 8.51. The van der Waals surface area contributed by atoms with E-state index in [2.05, 4.69) is 11.6 Å². The molecule has 0 spiro atoms. The number of nitrogens with two attached hydrogens (primary N) is 1. The molecule has 2 unspecified atom stereocenters. The lowest BCUT2D eigenvalue weighted by atomic mass is 10.1. The van der Waals surface area contributed by atoms with E-state index in [1.807, 2.05) is 0 Å². The van der Waals surface area contributed by atoms with Crippen molar-refractivity contribution in [1.82, 2.24) is 4.72 Å². The molecule has 3 N–H and O–H groups in total. The Morgan fingerprint density at radius 3 is 2.78 bits per heavy atom. The lowest BCUT2D eigenvalue weighted by Crippen LogP contribution is -2.28. The van der Waals surface area contributed by atoms with E-state index in [9.17, 15) is 8.42 Å². The Morgan fingerprint density at radius 1 is 1.44 bits per heavy atom. The fraction of sp³-hybridized carbons (Fsp3) is 0.667. The number of hydrogen-bond acceptors (Lipinski definition) is 4. The maximum absolute atomic E-state index is 12.1. The highest BCUT2D eigenvalue weighted by Crippen LogP contribution is 2.30. The summed E-state index contributed by atoms with van der Waals surface area (Å²) in [6.45, 7) is 3.17. The minimum atomic E-state index is -3.34. The summed E-state index contributed by atoms with van der Waals surface area (Å²) in [5, 5.41) is 0. The molecule has 6 heteroatoms. The smallest absolute Gasteiger partial charge is 0.250 e. The Morgan fingerprint density at radius 2 is 2.22 bits per heavy atom. The summed E-state index contributed by atoms with van der Waals surface area (Å²) >= 11 is 1.25. The van der Waals surface area contributed by atoms with Crippen molar-refractivity contribution in [2.75, 3.05) is 6.54 Å². The molecule has 4 nitrogen and oxygen atoms in total. The Balaban J connectivity index is 1.95. The van der Waals surface area contributed by atoms with Crippen molar-refractivity contribution in [3.05, 3.63) is 17.0 Å². The number of rotatable bonds is 5. The molecule has 1 aliphatic rings. The number of hydrogen-bond donors (Lipinski definition) is 2. The van der Waals surface area contributed by atoms with E-state index in [-0.39, 0.29) is 0 Å². The van der Waals surface area contributed by atoms with Gasteiger partial charge in [0.25, 0.3) is 0 Å². The molecular weight excluding hydrogens is 268 g/mol. The van der Waals surface area contributed by atoms with Crippen LogP contribution in [0.15, 0.2) is 16.3 Å². The number of nitrogens with one attached hydrogen (secondary N) is 1. The van der Waals surface area contributed by atoms with Gasteiger partial charge in [0.2, 0.25) is 10.0 Å². The second-order valence-electron chi connectivity index (χ2n) is 5.06. The van der Waals surface area contributed by atoms with E-state index in [1.165, 1.54) is 17.8 Å². The van der Waals surface area contributed by atoms with Crippen molar-refractivity contribution in [3.63, 3.8) is 0 Å². The molecule has 0 saturated heterocycles. The van der Waals surface area contributed by atoms with Crippen LogP contribution in [0.1, 0.15) is 31.1 Å². The normalized spacial score (nSPS) is 24.6. The molecule has 2 atom stereocenters. The predicted octanol–water partition coefficient (Wildman–Crippen LogP) is 1.92. The van der Waals surface area contributed by atoms with Crippen molar-refractivity contribution in [2.45, 2.75) is 36.9 Å². The minimum absolute atomic E-state index is 0.369. The van der Waals surface area contributed by atoms with Crippen LogP contribution < -0.4 is 10.5 Å². The number of thiophene rings is 1. The molecule has 1 heterocycles. The van der Waals surface area contributed by atoms with Crippen molar-refractivity contribution in [3.8, 4) is 0 Å². The van der Waals surface area contributed by atoms with E-state index >= 15 is 0 Å². The average molecular weight is 288 g/mol. The summed E-state index contributed by atoms with van der Waals surface area (Å²) < 4.78 is 27.2. The van der Waals surface area contributed by atoms with Gasteiger partial charge in [0.05, 0.1) is 0 Å². The Bertz CT molecular complexity index is 496. The first-order valence-electron chi connectivity index (χ1n) is 6.29. The summed E-state index contributed by atoms with van der Waals surface area (Å²) in [6.07, 6.45) is 3.46. The second-order valence-corrected chi connectivity index (χ2v) is 8.22. The second kappa shape index (κ2) is 5.69. The molecule has 18 heavy (non-hydrogen) atoms. The Hall–Kier alpha value is -0.430. The van der Waals surface area contributed by atoms with Gasteiger partial charge in [-0.1, -0.05) is 13.3 Å². The first-order valence-corrected chi connectivity index (χ1v) is 8.59. The Labute approximate surface area is 113 Å². The molecule has 0 amide bonds. The molecule has 0 radical (unpaired) electrons. The van der Waals surface area contributed by atoms with Crippen LogP contribution in [0, 0.1) is 11.8 Å². The topological polar surface area (TPSA) is 72.2 Å². The largest absolute Gasteiger partial charge is 0.326 e. The zero-order chi connectivity index (χ0) is 13.2. The minimum Gasteiger partial charge on any atom is -0.326 e. The highest BCUT2D eigenvalue weighted by atomic mass is 32.2. The van der Waals surface area contributed by atoms with Crippen LogP contribution in [0.4, 0.5) is 0 Å². The van der Waals surface area contributed by atoms with Gasteiger partial charge < -0.3 is 5.73 Å². The van der Waals surface area contributed by atoms with Crippen LogP contribution in [0.25, 0.3) is 0 Å². The van der Waals surface area contributed by atoms with Crippen LogP contribution >= 0.6 is 11.3 Å².